The molecule has 0 radical (unpaired) electrons. The second kappa shape index (κ2) is 9.60. The molecule has 30 heavy (non-hydrogen) atoms. The number of benzene rings is 2. The molecule has 1 N–H and O–H groups in total. The van der Waals surface area contributed by atoms with Crippen LogP contribution in [0.4, 0.5) is 5.69 Å². The predicted molar refractivity (Wildman–Crippen MR) is 117 cm³/mol. The highest BCUT2D eigenvalue weighted by molar-refractivity contribution is 6.34. The number of hydrogen-bond acceptors (Lipinski definition) is 4. The number of anilines is 1. The van der Waals surface area contributed by atoms with E-state index in [4.69, 9.17) is 16.3 Å². The maximum absolute atomic E-state index is 12.8. The van der Waals surface area contributed by atoms with E-state index in [1.807, 2.05) is 18.2 Å². The standard InChI is InChI=1S/C23H26ClN3O3/c24-20-8-7-17(14-21(20)27-9-3-6-22(27)28)23(29)25-15-18-4-1-2-5-19(18)16-26-10-12-30-13-11-26/h1-2,4-5,7-8,14H,3,6,9-13,15-16H2,(H,25,29). The van der Waals surface area contributed by atoms with Gasteiger partial charge >= 0.3 is 0 Å². The van der Waals surface area contributed by atoms with Crippen LogP contribution in [0.3, 0.4) is 0 Å². The van der Waals surface area contributed by atoms with Crippen molar-refractivity contribution in [2.24, 2.45) is 0 Å². The summed E-state index contributed by atoms with van der Waals surface area (Å²) in [5.41, 5.74) is 3.42. The van der Waals surface area contributed by atoms with Gasteiger partial charge in [-0.3, -0.25) is 14.5 Å². The monoisotopic (exact) mass is 427 g/mol. The Balaban J connectivity index is 1.43. The van der Waals surface area contributed by atoms with Crippen molar-refractivity contribution in [2.45, 2.75) is 25.9 Å². The van der Waals surface area contributed by atoms with Crippen molar-refractivity contribution in [1.82, 2.24) is 10.2 Å². The fourth-order valence-electron chi connectivity index (χ4n) is 3.93. The lowest BCUT2D eigenvalue weighted by atomic mass is 10.1. The van der Waals surface area contributed by atoms with E-state index in [2.05, 4.69) is 16.3 Å². The molecule has 0 saturated carbocycles. The normalized spacial score (nSPS) is 17.4. The highest BCUT2D eigenvalue weighted by atomic mass is 35.5. The van der Waals surface area contributed by atoms with Crippen LogP contribution in [0.15, 0.2) is 42.5 Å². The van der Waals surface area contributed by atoms with Gasteiger partial charge in [-0.2, -0.15) is 0 Å². The second-order valence-corrected chi connectivity index (χ2v) is 8.06. The minimum absolute atomic E-state index is 0.0477. The molecule has 2 saturated heterocycles. The van der Waals surface area contributed by atoms with Gasteiger partial charge < -0.3 is 15.0 Å². The van der Waals surface area contributed by atoms with E-state index in [1.54, 1.807) is 23.1 Å². The number of halogens is 1. The Kier molecular flexibility index (Phi) is 6.67. The summed E-state index contributed by atoms with van der Waals surface area (Å²) < 4.78 is 5.42. The average Bonchev–Trinajstić information content (AvgIpc) is 3.19. The van der Waals surface area contributed by atoms with Crippen LogP contribution in [-0.2, 0) is 22.6 Å². The van der Waals surface area contributed by atoms with E-state index in [-0.39, 0.29) is 11.8 Å². The maximum atomic E-state index is 12.8. The van der Waals surface area contributed by atoms with Gasteiger partial charge in [0.1, 0.15) is 0 Å². The fraction of sp³-hybridized carbons (Fsp3) is 0.391. The molecule has 0 bridgehead atoms. The molecule has 2 fully saturated rings. The third-order valence-electron chi connectivity index (χ3n) is 5.63. The number of nitrogens with one attached hydrogen (secondary N) is 1. The Hall–Kier alpha value is -2.41. The summed E-state index contributed by atoms with van der Waals surface area (Å²) in [4.78, 5) is 28.9. The predicted octanol–water partition coefficient (Wildman–Crippen LogP) is 3.23. The number of amides is 2. The van der Waals surface area contributed by atoms with E-state index in [0.29, 0.717) is 35.8 Å². The van der Waals surface area contributed by atoms with Gasteiger partial charge in [0, 0.05) is 44.7 Å². The Labute approximate surface area is 181 Å². The van der Waals surface area contributed by atoms with Gasteiger partial charge in [0.2, 0.25) is 5.91 Å². The number of ether oxygens (including phenoxy) is 1. The summed E-state index contributed by atoms with van der Waals surface area (Å²) >= 11 is 6.29. The Morgan fingerprint density at radius 2 is 1.83 bits per heavy atom. The van der Waals surface area contributed by atoms with Gasteiger partial charge in [0.05, 0.1) is 23.9 Å². The van der Waals surface area contributed by atoms with Crippen LogP contribution >= 0.6 is 11.6 Å². The van der Waals surface area contributed by atoms with Gasteiger partial charge in [-0.25, -0.2) is 0 Å². The molecule has 4 rings (SSSR count). The van der Waals surface area contributed by atoms with E-state index in [9.17, 15) is 9.59 Å². The van der Waals surface area contributed by atoms with Crippen molar-refractivity contribution < 1.29 is 14.3 Å². The zero-order chi connectivity index (χ0) is 20.9. The molecular formula is C23H26ClN3O3. The number of nitrogens with zero attached hydrogens (tertiary/aromatic N) is 2. The maximum Gasteiger partial charge on any atom is 0.251 e. The topological polar surface area (TPSA) is 61.9 Å². The smallest absolute Gasteiger partial charge is 0.251 e. The number of carbonyl (C=O) groups excluding carboxylic acids is 2. The molecule has 2 heterocycles. The number of carbonyl (C=O) groups is 2. The SMILES string of the molecule is O=C(NCc1ccccc1CN1CCOCC1)c1ccc(Cl)c(N2CCCC2=O)c1. The highest BCUT2D eigenvalue weighted by Crippen LogP contribution is 2.30. The number of hydrogen-bond donors (Lipinski definition) is 1. The van der Waals surface area contributed by atoms with Gasteiger partial charge in [-0.15, -0.1) is 0 Å². The molecule has 2 aromatic rings. The Morgan fingerprint density at radius 3 is 2.57 bits per heavy atom. The van der Waals surface area contributed by atoms with Crippen LogP contribution in [-0.4, -0.2) is 49.6 Å². The molecule has 0 spiro atoms. The van der Waals surface area contributed by atoms with Crippen molar-refractivity contribution in [1.29, 1.82) is 0 Å². The molecule has 0 unspecified atom stereocenters. The largest absolute Gasteiger partial charge is 0.379 e. The molecule has 0 atom stereocenters. The first-order chi connectivity index (χ1) is 14.6. The third kappa shape index (κ3) is 4.83. The minimum atomic E-state index is -0.180. The van der Waals surface area contributed by atoms with Crippen molar-refractivity contribution in [2.75, 3.05) is 37.7 Å². The lowest BCUT2D eigenvalue weighted by Gasteiger charge is -2.27. The number of morpholine rings is 1. The van der Waals surface area contributed by atoms with Crippen LogP contribution in [0, 0.1) is 0 Å². The van der Waals surface area contributed by atoms with Gasteiger partial charge in [0.15, 0.2) is 0 Å². The average molecular weight is 428 g/mol. The molecule has 6 nitrogen and oxygen atoms in total. The molecule has 2 aliphatic rings. The van der Waals surface area contributed by atoms with Crippen LogP contribution in [0.1, 0.15) is 34.3 Å². The zero-order valence-corrected chi connectivity index (χ0v) is 17.7. The zero-order valence-electron chi connectivity index (χ0n) is 16.9. The van der Waals surface area contributed by atoms with Crippen LogP contribution < -0.4 is 10.2 Å². The molecule has 2 aliphatic heterocycles. The molecule has 158 valence electrons. The summed E-state index contributed by atoms with van der Waals surface area (Å²) in [7, 11) is 0. The molecule has 0 aromatic heterocycles. The lowest BCUT2D eigenvalue weighted by molar-refractivity contribution is -0.117. The summed E-state index contributed by atoms with van der Waals surface area (Å²) in [5.74, 6) is -0.132. The fourth-order valence-corrected chi connectivity index (χ4v) is 4.15. The van der Waals surface area contributed by atoms with Gasteiger partial charge in [-0.05, 0) is 35.7 Å². The second-order valence-electron chi connectivity index (χ2n) is 7.66. The molecular weight excluding hydrogens is 402 g/mol. The molecule has 2 amide bonds. The number of rotatable bonds is 6. The highest BCUT2D eigenvalue weighted by Gasteiger charge is 2.24. The molecule has 0 aliphatic carbocycles. The lowest BCUT2D eigenvalue weighted by Crippen LogP contribution is -2.36. The van der Waals surface area contributed by atoms with E-state index >= 15 is 0 Å². The summed E-state index contributed by atoms with van der Waals surface area (Å²) in [6, 6.07) is 13.3. The third-order valence-corrected chi connectivity index (χ3v) is 5.95. The van der Waals surface area contributed by atoms with E-state index in [0.717, 1.165) is 44.8 Å². The van der Waals surface area contributed by atoms with Gasteiger partial charge in [0.25, 0.3) is 5.91 Å². The van der Waals surface area contributed by atoms with Crippen LogP contribution in [0.25, 0.3) is 0 Å². The first-order valence-electron chi connectivity index (χ1n) is 10.4. The quantitative estimate of drug-likeness (QED) is 0.768. The van der Waals surface area contributed by atoms with Crippen molar-refractivity contribution in [3.05, 3.63) is 64.2 Å². The molecule has 2 aromatic carbocycles. The summed E-state index contributed by atoms with van der Waals surface area (Å²) in [6.07, 6.45) is 1.33. The van der Waals surface area contributed by atoms with Crippen LogP contribution in [0.2, 0.25) is 5.02 Å². The van der Waals surface area contributed by atoms with Crippen molar-refractivity contribution >= 4 is 29.1 Å². The van der Waals surface area contributed by atoms with E-state index < -0.39 is 0 Å². The van der Waals surface area contributed by atoms with Crippen molar-refractivity contribution in [3.63, 3.8) is 0 Å². The Bertz CT molecular complexity index is 928. The summed E-state index contributed by atoms with van der Waals surface area (Å²) in [6.45, 7) is 5.29. The van der Waals surface area contributed by atoms with Crippen LogP contribution in [0.5, 0.6) is 0 Å². The minimum Gasteiger partial charge on any atom is -0.379 e. The van der Waals surface area contributed by atoms with E-state index in [1.165, 1.54) is 5.56 Å². The Morgan fingerprint density at radius 1 is 1.07 bits per heavy atom. The molecule has 7 heteroatoms. The summed E-state index contributed by atoms with van der Waals surface area (Å²) in [5, 5.41) is 3.50. The first kappa shape index (κ1) is 20.8. The first-order valence-corrected chi connectivity index (χ1v) is 10.7. The van der Waals surface area contributed by atoms with Crippen molar-refractivity contribution in [3.8, 4) is 0 Å². The van der Waals surface area contributed by atoms with Gasteiger partial charge in [-0.1, -0.05) is 35.9 Å².